The molecule has 0 radical (unpaired) electrons. The van der Waals surface area contributed by atoms with Gasteiger partial charge >= 0.3 is 0 Å². The van der Waals surface area contributed by atoms with E-state index in [-0.39, 0.29) is 11.0 Å². The van der Waals surface area contributed by atoms with E-state index in [2.05, 4.69) is 48.6 Å². The van der Waals surface area contributed by atoms with Crippen LogP contribution in [0.15, 0.2) is 63.5 Å². The summed E-state index contributed by atoms with van der Waals surface area (Å²) in [5.41, 5.74) is 4.14. The highest BCUT2D eigenvalue weighted by atomic mass is 79.9. The van der Waals surface area contributed by atoms with E-state index >= 15 is 0 Å². The molecular weight excluding hydrogens is 574 g/mol. The number of aromatic nitrogens is 1. The number of nitrogens with zero attached hydrogens (tertiary/aromatic N) is 1. The van der Waals surface area contributed by atoms with Gasteiger partial charge < -0.3 is 10.1 Å². The lowest BCUT2D eigenvalue weighted by molar-refractivity contribution is 0.0974. The highest BCUT2D eigenvalue weighted by molar-refractivity contribution is 9.11. The summed E-state index contributed by atoms with van der Waals surface area (Å²) in [6.07, 6.45) is 0. The fourth-order valence-electron chi connectivity index (χ4n) is 3.25. The standard InChI is InChI=1S/C23H17Br2N3O2S2/c1-12-14(22-26-18-7-3-4-9-19(18)32-22)6-5-8-17(12)27-23(31)28-21(29)15-10-13(24)11-16(25)20(15)30-2/h3-11H,1-2H3,(H2,27,28,29,31). The number of halogens is 2. The maximum atomic E-state index is 12.8. The summed E-state index contributed by atoms with van der Waals surface area (Å²) in [5, 5.41) is 6.99. The Morgan fingerprint density at radius 1 is 1.12 bits per heavy atom. The molecule has 4 aromatic rings. The smallest absolute Gasteiger partial charge is 0.261 e. The number of anilines is 1. The van der Waals surface area contributed by atoms with Crippen LogP contribution in [0.1, 0.15) is 15.9 Å². The minimum Gasteiger partial charge on any atom is -0.495 e. The fourth-order valence-corrected chi connectivity index (χ4v) is 5.89. The van der Waals surface area contributed by atoms with Crippen LogP contribution in [0.4, 0.5) is 5.69 Å². The Morgan fingerprint density at radius 3 is 2.66 bits per heavy atom. The highest BCUT2D eigenvalue weighted by Crippen LogP contribution is 2.35. The van der Waals surface area contributed by atoms with Gasteiger partial charge in [0.1, 0.15) is 10.8 Å². The van der Waals surface area contributed by atoms with Gasteiger partial charge in [-0.1, -0.05) is 40.2 Å². The first-order valence-electron chi connectivity index (χ1n) is 9.48. The molecule has 5 nitrogen and oxygen atoms in total. The van der Waals surface area contributed by atoms with Crippen molar-refractivity contribution in [2.24, 2.45) is 0 Å². The zero-order valence-electron chi connectivity index (χ0n) is 17.0. The molecule has 0 aliphatic carbocycles. The van der Waals surface area contributed by atoms with Gasteiger partial charge in [-0.3, -0.25) is 10.1 Å². The molecule has 0 saturated heterocycles. The van der Waals surface area contributed by atoms with Crippen molar-refractivity contribution < 1.29 is 9.53 Å². The molecule has 1 amide bonds. The van der Waals surface area contributed by atoms with Crippen LogP contribution < -0.4 is 15.4 Å². The average Bonchev–Trinajstić information content (AvgIpc) is 3.18. The zero-order valence-corrected chi connectivity index (χ0v) is 21.8. The molecule has 0 spiro atoms. The third-order valence-electron chi connectivity index (χ3n) is 4.79. The molecule has 0 fully saturated rings. The van der Waals surface area contributed by atoms with Crippen LogP contribution in [0.3, 0.4) is 0 Å². The Kier molecular flexibility index (Phi) is 6.90. The number of thiazole rings is 1. The summed E-state index contributed by atoms with van der Waals surface area (Å²) in [6.45, 7) is 2.00. The molecule has 0 aliphatic rings. The summed E-state index contributed by atoms with van der Waals surface area (Å²) in [7, 11) is 1.51. The normalized spacial score (nSPS) is 10.8. The molecule has 1 heterocycles. The molecule has 9 heteroatoms. The molecule has 32 heavy (non-hydrogen) atoms. The van der Waals surface area contributed by atoms with Crippen molar-refractivity contribution >= 4 is 82.3 Å². The Morgan fingerprint density at radius 2 is 1.91 bits per heavy atom. The third-order valence-corrected chi connectivity index (χ3v) is 7.11. The second-order valence-corrected chi connectivity index (χ2v) is 10.1. The van der Waals surface area contributed by atoms with Crippen molar-refractivity contribution in [3.05, 3.63) is 74.7 Å². The second kappa shape index (κ2) is 9.66. The Labute approximate surface area is 211 Å². The number of hydrogen-bond donors (Lipinski definition) is 2. The Balaban J connectivity index is 1.55. The van der Waals surface area contributed by atoms with Crippen LogP contribution in [0, 0.1) is 6.92 Å². The summed E-state index contributed by atoms with van der Waals surface area (Å²) >= 11 is 13.9. The first-order chi connectivity index (χ1) is 15.4. The number of amides is 1. The number of thiocarbonyl (C=S) groups is 1. The monoisotopic (exact) mass is 589 g/mol. The molecule has 162 valence electrons. The van der Waals surface area contributed by atoms with Crippen molar-refractivity contribution in [2.45, 2.75) is 6.92 Å². The maximum Gasteiger partial charge on any atom is 0.261 e. The van der Waals surface area contributed by atoms with E-state index < -0.39 is 0 Å². The topological polar surface area (TPSA) is 63.2 Å². The van der Waals surface area contributed by atoms with E-state index in [9.17, 15) is 4.79 Å². The number of benzene rings is 3. The van der Waals surface area contributed by atoms with Gasteiger partial charge in [-0.25, -0.2) is 4.98 Å². The lowest BCUT2D eigenvalue weighted by atomic mass is 10.1. The van der Waals surface area contributed by atoms with E-state index in [1.165, 1.54) is 7.11 Å². The molecule has 0 atom stereocenters. The molecular formula is C23H17Br2N3O2S2. The van der Waals surface area contributed by atoms with Crippen molar-refractivity contribution in [3.63, 3.8) is 0 Å². The molecule has 2 N–H and O–H groups in total. The van der Waals surface area contributed by atoms with Crippen molar-refractivity contribution in [1.82, 2.24) is 10.3 Å². The lowest BCUT2D eigenvalue weighted by Crippen LogP contribution is -2.34. The number of hydrogen-bond acceptors (Lipinski definition) is 5. The number of methoxy groups -OCH3 is 1. The number of rotatable bonds is 4. The van der Waals surface area contributed by atoms with E-state index in [0.29, 0.717) is 15.8 Å². The third kappa shape index (κ3) is 4.71. The number of carbonyl (C=O) groups excluding carboxylic acids is 1. The molecule has 4 rings (SSSR count). The van der Waals surface area contributed by atoms with Gasteiger partial charge in [0.25, 0.3) is 5.91 Å². The van der Waals surface area contributed by atoms with Crippen molar-refractivity contribution in [3.8, 4) is 16.3 Å². The Bertz CT molecular complexity index is 1320. The lowest BCUT2D eigenvalue weighted by Gasteiger charge is -2.15. The molecule has 0 saturated carbocycles. The fraction of sp³-hybridized carbons (Fsp3) is 0.0870. The van der Waals surface area contributed by atoms with Crippen LogP contribution >= 0.6 is 55.4 Å². The Hall–Kier alpha value is -2.33. The number of ether oxygens (including phenoxy) is 1. The van der Waals surface area contributed by atoms with Crippen LogP contribution in [-0.2, 0) is 0 Å². The van der Waals surface area contributed by atoms with Crippen LogP contribution in [0.2, 0.25) is 0 Å². The van der Waals surface area contributed by atoms with Crippen molar-refractivity contribution in [1.29, 1.82) is 0 Å². The van der Waals surface area contributed by atoms with E-state index in [0.717, 1.165) is 36.5 Å². The predicted molar refractivity (Wildman–Crippen MR) is 142 cm³/mol. The average molecular weight is 591 g/mol. The van der Waals surface area contributed by atoms with Gasteiger partial charge in [0.15, 0.2) is 5.11 Å². The second-order valence-electron chi connectivity index (χ2n) is 6.84. The number of fused-ring (bicyclic) bond motifs is 1. The minimum absolute atomic E-state index is 0.192. The van der Waals surface area contributed by atoms with Gasteiger partial charge in [-0.05, 0) is 71.0 Å². The first-order valence-corrected chi connectivity index (χ1v) is 12.3. The van der Waals surface area contributed by atoms with Crippen LogP contribution in [0.5, 0.6) is 5.75 Å². The van der Waals surface area contributed by atoms with Gasteiger partial charge in [0, 0.05) is 15.7 Å². The summed E-state index contributed by atoms with van der Waals surface area (Å²) < 4.78 is 7.91. The van der Waals surface area contributed by atoms with Crippen LogP contribution in [0.25, 0.3) is 20.8 Å². The SMILES string of the molecule is COc1c(Br)cc(Br)cc1C(=O)NC(=S)Nc1cccc(-c2nc3ccccc3s2)c1C. The minimum atomic E-state index is -0.374. The predicted octanol–water partition coefficient (Wildman–Crippen LogP) is 6.93. The summed E-state index contributed by atoms with van der Waals surface area (Å²) in [5.74, 6) is 0.0591. The van der Waals surface area contributed by atoms with E-state index in [1.54, 1.807) is 17.4 Å². The number of nitrogens with one attached hydrogen (secondary N) is 2. The van der Waals surface area contributed by atoms with E-state index in [1.807, 2.05) is 49.4 Å². The van der Waals surface area contributed by atoms with E-state index in [4.69, 9.17) is 21.9 Å². The summed E-state index contributed by atoms with van der Waals surface area (Å²) in [6, 6.07) is 17.4. The zero-order chi connectivity index (χ0) is 22.8. The van der Waals surface area contributed by atoms with Crippen LogP contribution in [-0.4, -0.2) is 23.1 Å². The van der Waals surface area contributed by atoms with Gasteiger partial charge in [0.2, 0.25) is 0 Å². The number of para-hydroxylation sites is 1. The molecule has 0 aliphatic heterocycles. The highest BCUT2D eigenvalue weighted by Gasteiger charge is 2.18. The molecule has 1 aromatic heterocycles. The largest absolute Gasteiger partial charge is 0.495 e. The maximum absolute atomic E-state index is 12.8. The first kappa shape index (κ1) is 22.8. The molecule has 0 bridgehead atoms. The van der Waals surface area contributed by atoms with Gasteiger partial charge in [-0.15, -0.1) is 11.3 Å². The molecule has 0 unspecified atom stereocenters. The molecule has 3 aromatic carbocycles. The summed E-state index contributed by atoms with van der Waals surface area (Å²) in [4.78, 5) is 17.6. The van der Waals surface area contributed by atoms with Gasteiger partial charge in [-0.2, -0.15) is 0 Å². The number of carbonyl (C=O) groups is 1. The van der Waals surface area contributed by atoms with Crippen molar-refractivity contribution in [2.75, 3.05) is 12.4 Å². The van der Waals surface area contributed by atoms with Gasteiger partial charge in [0.05, 0.1) is 27.4 Å². The quantitative estimate of drug-likeness (QED) is 0.252.